The van der Waals surface area contributed by atoms with Gasteiger partial charge in [0, 0.05) is 6.54 Å². The van der Waals surface area contributed by atoms with Crippen molar-refractivity contribution in [3.63, 3.8) is 0 Å². The summed E-state index contributed by atoms with van der Waals surface area (Å²) in [5.41, 5.74) is 2.65. The highest BCUT2D eigenvalue weighted by molar-refractivity contribution is 5.91. The topological polar surface area (TPSA) is 92.9 Å². The first kappa shape index (κ1) is 12.4. The van der Waals surface area contributed by atoms with Crippen molar-refractivity contribution in [2.45, 2.75) is 26.2 Å². The highest BCUT2D eigenvalue weighted by atomic mass is 16.1. The number of carbonyl (C=O) groups excluding carboxylic acids is 1. The largest absolute Gasteiger partial charge is 0.351 e. The molecule has 1 heterocycles. The van der Waals surface area contributed by atoms with Crippen molar-refractivity contribution in [3.8, 4) is 0 Å². The number of hydrazine groups is 1. The van der Waals surface area contributed by atoms with Gasteiger partial charge in [-0.15, -0.1) is 0 Å². The third-order valence-electron chi connectivity index (χ3n) is 2.10. The minimum Gasteiger partial charge on any atom is -0.351 e. The van der Waals surface area contributed by atoms with Crippen LogP contribution in [0.5, 0.6) is 0 Å². The van der Waals surface area contributed by atoms with Crippen LogP contribution in [0.1, 0.15) is 36.7 Å². The molecule has 1 amide bonds. The van der Waals surface area contributed by atoms with E-state index in [0.717, 1.165) is 19.3 Å². The van der Waals surface area contributed by atoms with Crippen molar-refractivity contribution >= 4 is 11.7 Å². The number of amides is 1. The maximum absolute atomic E-state index is 11.5. The fourth-order valence-electron chi connectivity index (χ4n) is 1.19. The van der Waals surface area contributed by atoms with Crippen LogP contribution in [0.2, 0.25) is 0 Å². The molecule has 0 radical (unpaired) electrons. The van der Waals surface area contributed by atoms with Crippen LogP contribution in [0.4, 0.5) is 5.82 Å². The van der Waals surface area contributed by atoms with Gasteiger partial charge in [-0.05, 0) is 6.42 Å². The number of rotatable bonds is 6. The van der Waals surface area contributed by atoms with Gasteiger partial charge in [0.1, 0.15) is 5.69 Å². The third-order valence-corrected chi connectivity index (χ3v) is 2.10. The average molecular weight is 223 g/mol. The summed E-state index contributed by atoms with van der Waals surface area (Å²) in [7, 11) is 0. The van der Waals surface area contributed by atoms with E-state index in [0.29, 0.717) is 18.1 Å². The zero-order chi connectivity index (χ0) is 11.8. The van der Waals surface area contributed by atoms with Gasteiger partial charge in [-0.25, -0.2) is 15.8 Å². The van der Waals surface area contributed by atoms with Gasteiger partial charge in [-0.1, -0.05) is 19.8 Å². The zero-order valence-electron chi connectivity index (χ0n) is 9.36. The summed E-state index contributed by atoms with van der Waals surface area (Å²) in [5, 5.41) is 2.78. The van der Waals surface area contributed by atoms with E-state index in [1.165, 1.54) is 12.4 Å². The van der Waals surface area contributed by atoms with Crippen molar-refractivity contribution in [1.82, 2.24) is 15.3 Å². The molecule has 0 spiro atoms. The Balaban J connectivity index is 2.40. The molecule has 0 aliphatic heterocycles. The number of anilines is 1. The van der Waals surface area contributed by atoms with Gasteiger partial charge in [0.15, 0.2) is 5.82 Å². The van der Waals surface area contributed by atoms with E-state index in [1.807, 2.05) is 0 Å². The molecule has 0 aliphatic rings. The zero-order valence-corrected chi connectivity index (χ0v) is 9.36. The van der Waals surface area contributed by atoms with E-state index in [-0.39, 0.29) is 5.91 Å². The molecule has 4 N–H and O–H groups in total. The second-order valence-electron chi connectivity index (χ2n) is 3.39. The summed E-state index contributed by atoms with van der Waals surface area (Å²) in [6.07, 6.45) is 6.04. The van der Waals surface area contributed by atoms with Crippen molar-refractivity contribution in [3.05, 3.63) is 18.1 Å². The molecular weight excluding hydrogens is 206 g/mol. The van der Waals surface area contributed by atoms with Gasteiger partial charge in [-0.2, -0.15) is 0 Å². The van der Waals surface area contributed by atoms with Gasteiger partial charge < -0.3 is 10.7 Å². The number of nitrogen functional groups attached to an aromatic ring is 1. The summed E-state index contributed by atoms with van der Waals surface area (Å²) in [4.78, 5) is 19.4. The summed E-state index contributed by atoms with van der Waals surface area (Å²) in [5.74, 6) is 5.37. The Morgan fingerprint density at radius 2 is 2.19 bits per heavy atom. The van der Waals surface area contributed by atoms with E-state index < -0.39 is 0 Å². The molecular formula is C10H17N5O. The van der Waals surface area contributed by atoms with Crippen LogP contribution < -0.4 is 16.6 Å². The molecule has 1 aromatic heterocycles. The number of hydrogen-bond donors (Lipinski definition) is 3. The molecule has 0 aromatic carbocycles. The lowest BCUT2D eigenvalue weighted by atomic mass is 10.2. The number of carbonyl (C=O) groups is 1. The van der Waals surface area contributed by atoms with Gasteiger partial charge >= 0.3 is 0 Å². The molecule has 6 heteroatoms. The van der Waals surface area contributed by atoms with Crippen LogP contribution in [0.3, 0.4) is 0 Å². The SMILES string of the molecule is CCCCCNC(=O)c1cnc(NN)cn1. The first-order chi connectivity index (χ1) is 7.77. The monoisotopic (exact) mass is 223 g/mol. The highest BCUT2D eigenvalue weighted by Crippen LogP contribution is 1.99. The average Bonchev–Trinajstić information content (AvgIpc) is 2.34. The molecule has 1 aromatic rings. The molecule has 0 bridgehead atoms. The number of nitrogens with zero attached hydrogens (tertiary/aromatic N) is 2. The lowest BCUT2D eigenvalue weighted by Gasteiger charge is -2.04. The Morgan fingerprint density at radius 1 is 1.38 bits per heavy atom. The van der Waals surface area contributed by atoms with Crippen LogP contribution in [0.25, 0.3) is 0 Å². The Bertz CT molecular complexity index is 324. The fourth-order valence-corrected chi connectivity index (χ4v) is 1.19. The van der Waals surface area contributed by atoms with E-state index in [9.17, 15) is 4.79 Å². The molecule has 88 valence electrons. The number of aromatic nitrogens is 2. The van der Waals surface area contributed by atoms with Crippen LogP contribution >= 0.6 is 0 Å². The Hall–Kier alpha value is -1.69. The molecule has 0 aliphatic carbocycles. The molecule has 6 nitrogen and oxygen atoms in total. The quantitative estimate of drug-likeness (QED) is 0.374. The molecule has 16 heavy (non-hydrogen) atoms. The normalized spacial score (nSPS) is 9.88. The van der Waals surface area contributed by atoms with E-state index in [2.05, 4.69) is 27.6 Å². The second-order valence-corrected chi connectivity index (χ2v) is 3.39. The van der Waals surface area contributed by atoms with Crippen LogP contribution in [-0.2, 0) is 0 Å². The van der Waals surface area contributed by atoms with Gasteiger partial charge in [0.05, 0.1) is 12.4 Å². The maximum atomic E-state index is 11.5. The first-order valence-corrected chi connectivity index (χ1v) is 5.34. The number of hydrogen-bond acceptors (Lipinski definition) is 5. The van der Waals surface area contributed by atoms with E-state index >= 15 is 0 Å². The molecule has 0 atom stereocenters. The number of nitrogens with two attached hydrogens (primary N) is 1. The Labute approximate surface area is 94.6 Å². The van der Waals surface area contributed by atoms with Gasteiger partial charge in [0.25, 0.3) is 5.91 Å². The highest BCUT2D eigenvalue weighted by Gasteiger charge is 2.06. The number of nitrogens with one attached hydrogen (secondary N) is 2. The third kappa shape index (κ3) is 3.82. The molecule has 0 unspecified atom stereocenters. The molecule has 0 saturated carbocycles. The fraction of sp³-hybridized carbons (Fsp3) is 0.500. The predicted molar refractivity (Wildman–Crippen MR) is 61.7 cm³/mol. The molecule has 0 fully saturated rings. The predicted octanol–water partition coefficient (Wildman–Crippen LogP) is 0.682. The lowest BCUT2D eigenvalue weighted by Crippen LogP contribution is -2.25. The van der Waals surface area contributed by atoms with Crippen molar-refractivity contribution in [2.75, 3.05) is 12.0 Å². The van der Waals surface area contributed by atoms with Crippen molar-refractivity contribution in [1.29, 1.82) is 0 Å². The lowest BCUT2D eigenvalue weighted by molar-refractivity contribution is 0.0947. The van der Waals surface area contributed by atoms with Crippen LogP contribution in [0.15, 0.2) is 12.4 Å². The van der Waals surface area contributed by atoms with Crippen molar-refractivity contribution < 1.29 is 4.79 Å². The standard InChI is InChI=1S/C10H17N5O/c1-2-3-4-5-12-10(16)8-6-14-9(15-11)7-13-8/h6-7H,2-5,11H2,1H3,(H,12,16)(H,14,15). The van der Waals surface area contributed by atoms with E-state index in [4.69, 9.17) is 5.84 Å². The maximum Gasteiger partial charge on any atom is 0.271 e. The van der Waals surface area contributed by atoms with Crippen LogP contribution in [-0.4, -0.2) is 22.4 Å². The second kappa shape index (κ2) is 6.73. The Morgan fingerprint density at radius 3 is 2.75 bits per heavy atom. The Kier molecular flexibility index (Phi) is 5.21. The van der Waals surface area contributed by atoms with E-state index in [1.54, 1.807) is 0 Å². The summed E-state index contributed by atoms with van der Waals surface area (Å²) >= 11 is 0. The number of unbranched alkanes of at least 4 members (excludes halogenated alkanes) is 2. The smallest absolute Gasteiger partial charge is 0.271 e. The van der Waals surface area contributed by atoms with Gasteiger partial charge in [0.2, 0.25) is 0 Å². The minimum absolute atomic E-state index is 0.202. The first-order valence-electron chi connectivity index (χ1n) is 5.34. The summed E-state index contributed by atoms with van der Waals surface area (Å²) in [6.45, 7) is 2.79. The summed E-state index contributed by atoms with van der Waals surface area (Å²) in [6, 6.07) is 0. The molecule has 0 saturated heterocycles. The van der Waals surface area contributed by atoms with Crippen molar-refractivity contribution in [2.24, 2.45) is 5.84 Å². The van der Waals surface area contributed by atoms with Gasteiger partial charge in [-0.3, -0.25) is 4.79 Å². The molecule has 1 rings (SSSR count). The minimum atomic E-state index is -0.202. The van der Waals surface area contributed by atoms with Crippen LogP contribution in [0, 0.1) is 0 Å². The summed E-state index contributed by atoms with van der Waals surface area (Å²) < 4.78 is 0.